The molecule has 3 aromatic rings. The first kappa shape index (κ1) is 27.0. The molecule has 2 aliphatic heterocycles. The minimum Gasteiger partial charge on any atom is -0.371 e. The van der Waals surface area contributed by atoms with Crippen LogP contribution in [0.1, 0.15) is 55.8 Å². The Hall–Kier alpha value is -3.21. The van der Waals surface area contributed by atoms with E-state index in [9.17, 15) is 22.0 Å². The monoisotopic (exact) mass is 571 g/mol. The van der Waals surface area contributed by atoms with Crippen LogP contribution in [0.2, 0.25) is 0 Å². The van der Waals surface area contributed by atoms with Crippen LogP contribution in [0.3, 0.4) is 0 Å². The zero-order valence-electron chi connectivity index (χ0n) is 22.9. The second kappa shape index (κ2) is 9.71. The second-order valence-electron chi connectivity index (χ2n) is 11.6. The van der Waals surface area contributed by atoms with Crippen molar-refractivity contribution in [2.75, 3.05) is 47.6 Å². The third-order valence-corrected chi connectivity index (χ3v) is 9.98. The molecule has 0 radical (unpaired) electrons. The largest absolute Gasteiger partial charge is 0.371 e. The number of sulfone groups is 1. The Morgan fingerprint density at radius 1 is 0.950 bits per heavy atom. The van der Waals surface area contributed by atoms with Gasteiger partial charge in [-0.05, 0) is 68.4 Å². The molecule has 214 valence electrons. The van der Waals surface area contributed by atoms with Crippen molar-refractivity contribution in [3.63, 3.8) is 0 Å². The lowest BCUT2D eigenvalue weighted by molar-refractivity contribution is -0.0220. The summed E-state index contributed by atoms with van der Waals surface area (Å²) in [6.07, 6.45) is 7.00. The summed E-state index contributed by atoms with van der Waals surface area (Å²) in [5.74, 6) is -3.02. The van der Waals surface area contributed by atoms with Crippen LogP contribution >= 0.6 is 0 Å². The topological polar surface area (TPSA) is 87.5 Å². The highest BCUT2D eigenvalue weighted by Gasteiger charge is 2.44. The van der Waals surface area contributed by atoms with Crippen molar-refractivity contribution in [3.05, 3.63) is 42.1 Å². The average Bonchev–Trinajstić information content (AvgIpc) is 3.53. The van der Waals surface area contributed by atoms with E-state index in [1.165, 1.54) is 25.2 Å². The SMILES string of the molecule is CCn1ncc2cc(NC(=O)c3ccc(S(C)(=O)=O)cc3N3CCC4(CC3)CC4)cc(N3CCC(F)(F)CC3)c21. The predicted molar refractivity (Wildman–Crippen MR) is 152 cm³/mol. The van der Waals surface area contributed by atoms with Gasteiger partial charge in [0.05, 0.1) is 33.5 Å². The van der Waals surface area contributed by atoms with Gasteiger partial charge in [0.1, 0.15) is 0 Å². The second-order valence-corrected chi connectivity index (χ2v) is 13.6. The van der Waals surface area contributed by atoms with Crippen molar-refractivity contribution in [2.45, 2.75) is 62.8 Å². The average molecular weight is 572 g/mol. The number of aromatic nitrogens is 2. The van der Waals surface area contributed by atoms with Crippen LogP contribution in [0.15, 0.2) is 41.4 Å². The van der Waals surface area contributed by atoms with Gasteiger partial charge in [0.2, 0.25) is 0 Å². The smallest absolute Gasteiger partial charge is 0.257 e. The van der Waals surface area contributed by atoms with E-state index in [1.54, 1.807) is 18.3 Å². The summed E-state index contributed by atoms with van der Waals surface area (Å²) >= 11 is 0. The summed E-state index contributed by atoms with van der Waals surface area (Å²) in [4.78, 5) is 18.0. The zero-order valence-corrected chi connectivity index (χ0v) is 23.7. The van der Waals surface area contributed by atoms with Gasteiger partial charge in [-0.2, -0.15) is 5.10 Å². The number of fused-ring (bicyclic) bond motifs is 1. The number of amides is 1. The maximum atomic E-state index is 13.9. The summed E-state index contributed by atoms with van der Waals surface area (Å²) in [6, 6.07) is 8.36. The van der Waals surface area contributed by atoms with Crippen LogP contribution < -0.4 is 15.1 Å². The number of aryl methyl sites for hydroxylation is 1. The molecule has 3 aliphatic rings. The maximum absolute atomic E-state index is 13.9. The molecule has 0 unspecified atom stereocenters. The fraction of sp³-hybridized carbons (Fsp3) is 0.517. The van der Waals surface area contributed by atoms with Gasteiger partial charge in [0, 0.05) is 62.9 Å². The molecule has 2 aromatic carbocycles. The molecule has 1 amide bonds. The standard InChI is InChI=1S/C29H35F2N5O3S/c1-3-36-26-20(19-32-36)16-21(17-25(26)35-14-10-29(30,31)11-15-35)33-27(37)23-5-4-22(40(2,38)39)18-24(23)34-12-8-28(6-7-28)9-13-34/h4-5,16-19H,3,6-15H2,1-2H3,(H,33,37). The van der Waals surface area contributed by atoms with E-state index in [-0.39, 0.29) is 36.7 Å². The molecule has 1 N–H and O–H groups in total. The van der Waals surface area contributed by atoms with Crippen LogP contribution in [0.5, 0.6) is 0 Å². The zero-order chi connectivity index (χ0) is 28.3. The molecule has 0 bridgehead atoms. The van der Waals surface area contributed by atoms with Crippen molar-refractivity contribution in [1.82, 2.24) is 9.78 Å². The molecule has 1 aromatic heterocycles. The first-order valence-electron chi connectivity index (χ1n) is 14.0. The number of carbonyl (C=O) groups is 1. The van der Waals surface area contributed by atoms with E-state index in [1.807, 2.05) is 28.6 Å². The quantitative estimate of drug-likeness (QED) is 0.431. The molecule has 1 spiro atoms. The Bertz CT molecular complexity index is 1560. The van der Waals surface area contributed by atoms with E-state index in [2.05, 4.69) is 15.3 Å². The number of nitrogens with one attached hydrogen (secondary N) is 1. The number of hydrogen-bond donors (Lipinski definition) is 1. The number of piperidine rings is 2. The molecule has 8 nitrogen and oxygen atoms in total. The minimum absolute atomic E-state index is 0.184. The minimum atomic E-state index is -3.45. The number of carbonyl (C=O) groups excluding carboxylic acids is 1. The molecular formula is C29H35F2N5O3S. The third-order valence-electron chi connectivity index (χ3n) is 8.87. The molecule has 3 fully saturated rings. The van der Waals surface area contributed by atoms with Gasteiger partial charge in [0.25, 0.3) is 11.8 Å². The summed E-state index contributed by atoms with van der Waals surface area (Å²) in [5, 5.41) is 8.29. The van der Waals surface area contributed by atoms with Crippen molar-refractivity contribution in [1.29, 1.82) is 0 Å². The number of rotatable bonds is 6. The summed E-state index contributed by atoms with van der Waals surface area (Å²) in [7, 11) is -3.45. The van der Waals surface area contributed by atoms with Crippen LogP contribution in [-0.4, -0.2) is 62.5 Å². The van der Waals surface area contributed by atoms with Crippen LogP contribution in [0.25, 0.3) is 10.9 Å². The number of benzene rings is 2. The lowest BCUT2D eigenvalue weighted by Gasteiger charge is -2.35. The summed E-state index contributed by atoms with van der Waals surface area (Å²) in [6.45, 7) is 4.58. The Kier molecular flexibility index (Phi) is 6.55. The fourth-order valence-corrected chi connectivity index (χ4v) is 6.77. The number of nitrogens with zero attached hydrogens (tertiary/aromatic N) is 4. The maximum Gasteiger partial charge on any atom is 0.257 e. The molecule has 40 heavy (non-hydrogen) atoms. The lowest BCUT2D eigenvalue weighted by atomic mass is 9.93. The normalized spacial score (nSPS) is 20.2. The first-order valence-corrected chi connectivity index (χ1v) is 15.9. The highest BCUT2D eigenvalue weighted by atomic mass is 32.2. The highest BCUT2D eigenvalue weighted by molar-refractivity contribution is 7.90. The Morgan fingerprint density at radius 2 is 1.60 bits per heavy atom. The molecule has 0 atom stereocenters. The third kappa shape index (κ3) is 5.15. The Morgan fingerprint density at radius 3 is 2.23 bits per heavy atom. The fourth-order valence-electron chi connectivity index (χ4n) is 6.13. The molecular weight excluding hydrogens is 536 g/mol. The van der Waals surface area contributed by atoms with E-state index in [4.69, 9.17) is 0 Å². The van der Waals surface area contributed by atoms with Crippen molar-refractivity contribution in [3.8, 4) is 0 Å². The van der Waals surface area contributed by atoms with Crippen molar-refractivity contribution < 1.29 is 22.0 Å². The van der Waals surface area contributed by atoms with Gasteiger partial charge < -0.3 is 15.1 Å². The molecule has 2 saturated heterocycles. The molecule has 6 rings (SSSR count). The van der Waals surface area contributed by atoms with Crippen LogP contribution in [-0.2, 0) is 16.4 Å². The van der Waals surface area contributed by atoms with Gasteiger partial charge >= 0.3 is 0 Å². The molecule has 3 heterocycles. The number of anilines is 3. The van der Waals surface area contributed by atoms with E-state index < -0.39 is 15.8 Å². The van der Waals surface area contributed by atoms with Gasteiger partial charge in [-0.1, -0.05) is 0 Å². The lowest BCUT2D eigenvalue weighted by Crippen LogP contribution is -2.39. The molecule has 11 heteroatoms. The number of alkyl halides is 2. The van der Waals surface area contributed by atoms with Crippen molar-refractivity contribution >= 4 is 43.7 Å². The van der Waals surface area contributed by atoms with Gasteiger partial charge in [-0.3, -0.25) is 9.48 Å². The number of hydrogen-bond acceptors (Lipinski definition) is 6. The van der Waals surface area contributed by atoms with Gasteiger partial charge in [0.15, 0.2) is 9.84 Å². The Balaban J connectivity index is 1.33. The summed E-state index contributed by atoms with van der Waals surface area (Å²) < 4.78 is 54.4. The Labute approximate surface area is 233 Å². The van der Waals surface area contributed by atoms with E-state index in [0.29, 0.717) is 28.9 Å². The number of halogens is 2. The van der Waals surface area contributed by atoms with Crippen LogP contribution in [0.4, 0.5) is 25.8 Å². The van der Waals surface area contributed by atoms with E-state index in [0.717, 1.165) is 42.5 Å². The molecule has 1 saturated carbocycles. The first-order chi connectivity index (χ1) is 19.0. The van der Waals surface area contributed by atoms with Gasteiger partial charge in [-0.25, -0.2) is 17.2 Å². The van der Waals surface area contributed by atoms with E-state index >= 15 is 0 Å². The highest BCUT2D eigenvalue weighted by Crippen LogP contribution is 2.54. The summed E-state index contributed by atoms with van der Waals surface area (Å²) in [5.41, 5.74) is 3.61. The van der Waals surface area contributed by atoms with Crippen LogP contribution in [0, 0.1) is 5.41 Å². The van der Waals surface area contributed by atoms with Gasteiger partial charge in [-0.15, -0.1) is 0 Å². The van der Waals surface area contributed by atoms with Crippen molar-refractivity contribution in [2.24, 2.45) is 5.41 Å². The predicted octanol–water partition coefficient (Wildman–Crippen LogP) is 5.33. The molecule has 1 aliphatic carbocycles.